The first-order chi connectivity index (χ1) is 14.0. The summed E-state index contributed by atoms with van der Waals surface area (Å²) in [4.78, 5) is 36.8. The van der Waals surface area contributed by atoms with Crippen LogP contribution >= 0.6 is 11.6 Å². The van der Waals surface area contributed by atoms with Gasteiger partial charge in [-0.1, -0.05) is 41.9 Å². The lowest BCUT2D eigenvalue weighted by atomic mass is 10.1. The number of hydrogen-bond donors (Lipinski definition) is 2. The molecule has 0 aliphatic heterocycles. The number of hydrogen-bond acceptors (Lipinski definition) is 6. The number of esters is 1. The number of nitrogens with one attached hydrogen (secondary N) is 1. The maximum atomic E-state index is 12.5. The molecule has 150 valence electrons. The Morgan fingerprint density at radius 2 is 1.79 bits per heavy atom. The SMILES string of the molecule is O=C(COC(=O)c1nn(CCO)c(=O)c2ccccc12)NCc1ccc(Cl)cc1. The Morgan fingerprint density at radius 1 is 1.10 bits per heavy atom. The number of benzene rings is 2. The number of rotatable bonds is 7. The second-order valence-electron chi connectivity index (χ2n) is 6.13. The maximum absolute atomic E-state index is 12.5. The topological polar surface area (TPSA) is 111 Å². The molecule has 2 aromatic carbocycles. The summed E-state index contributed by atoms with van der Waals surface area (Å²) in [6.07, 6.45) is 0. The fourth-order valence-corrected chi connectivity index (χ4v) is 2.81. The predicted octanol–water partition coefficient (Wildman–Crippen LogP) is 1.52. The molecular formula is C20H18ClN3O5. The smallest absolute Gasteiger partial charge is 0.359 e. The number of carbonyl (C=O) groups is 2. The normalized spacial score (nSPS) is 10.7. The zero-order chi connectivity index (χ0) is 20.8. The van der Waals surface area contributed by atoms with E-state index < -0.39 is 24.0 Å². The van der Waals surface area contributed by atoms with Crippen LogP contribution in [0, 0.1) is 0 Å². The molecule has 3 rings (SSSR count). The van der Waals surface area contributed by atoms with E-state index in [9.17, 15) is 14.4 Å². The molecular weight excluding hydrogens is 398 g/mol. The van der Waals surface area contributed by atoms with Crippen molar-refractivity contribution in [3.63, 3.8) is 0 Å². The summed E-state index contributed by atoms with van der Waals surface area (Å²) in [6.45, 7) is -0.615. The monoisotopic (exact) mass is 415 g/mol. The Bertz CT molecular complexity index is 1100. The first kappa shape index (κ1) is 20.5. The third-order valence-electron chi connectivity index (χ3n) is 4.11. The number of ether oxygens (including phenoxy) is 1. The standard InChI is InChI=1S/C20H18ClN3O5/c21-14-7-5-13(6-8-14)11-22-17(26)12-29-20(28)18-15-3-1-2-4-16(15)19(27)24(23-18)9-10-25/h1-8,25H,9-12H2,(H,22,26). The summed E-state index contributed by atoms with van der Waals surface area (Å²) < 4.78 is 6.07. The van der Waals surface area contributed by atoms with Gasteiger partial charge in [0, 0.05) is 17.0 Å². The first-order valence-electron chi connectivity index (χ1n) is 8.78. The highest BCUT2D eigenvalue weighted by molar-refractivity contribution is 6.30. The number of aliphatic hydroxyl groups is 1. The average Bonchev–Trinajstić information content (AvgIpc) is 2.73. The molecule has 0 aliphatic carbocycles. The van der Waals surface area contributed by atoms with Crippen LogP contribution in [-0.2, 0) is 22.6 Å². The van der Waals surface area contributed by atoms with Gasteiger partial charge in [0.05, 0.1) is 18.5 Å². The molecule has 0 bridgehead atoms. The average molecular weight is 416 g/mol. The third kappa shape index (κ3) is 4.98. The fourth-order valence-electron chi connectivity index (χ4n) is 2.69. The van der Waals surface area contributed by atoms with Crippen LogP contribution < -0.4 is 10.9 Å². The van der Waals surface area contributed by atoms with Gasteiger partial charge in [-0.2, -0.15) is 5.10 Å². The minimum atomic E-state index is -0.838. The molecule has 0 aliphatic rings. The Morgan fingerprint density at radius 3 is 2.48 bits per heavy atom. The van der Waals surface area contributed by atoms with E-state index in [-0.39, 0.29) is 30.8 Å². The van der Waals surface area contributed by atoms with E-state index in [0.717, 1.165) is 10.2 Å². The molecule has 0 radical (unpaired) electrons. The minimum absolute atomic E-state index is 0.0640. The molecule has 29 heavy (non-hydrogen) atoms. The molecule has 1 heterocycles. The molecule has 8 nitrogen and oxygen atoms in total. The fraction of sp³-hybridized carbons (Fsp3) is 0.200. The van der Waals surface area contributed by atoms with E-state index in [1.165, 1.54) is 0 Å². The molecule has 9 heteroatoms. The summed E-state index contributed by atoms with van der Waals surface area (Å²) >= 11 is 5.81. The van der Waals surface area contributed by atoms with Crippen molar-refractivity contribution >= 4 is 34.2 Å². The molecule has 0 spiro atoms. The Balaban J connectivity index is 1.69. The highest BCUT2D eigenvalue weighted by Crippen LogP contribution is 2.14. The summed E-state index contributed by atoms with van der Waals surface area (Å²) in [5.41, 5.74) is 0.323. The van der Waals surface area contributed by atoms with E-state index in [1.54, 1.807) is 48.5 Å². The third-order valence-corrected chi connectivity index (χ3v) is 4.36. The van der Waals surface area contributed by atoms with Gasteiger partial charge in [0.15, 0.2) is 12.3 Å². The first-order valence-corrected chi connectivity index (χ1v) is 9.16. The van der Waals surface area contributed by atoms with Crippen LogP contribution in [0.5, 0.6) is 0 Å². The molecule has 1 amide bonds. The van der Waals surface area contributed by atoms with Crippen LogP contribution in [0.25, 0.3) is 10.8 Å². The van der Waals surface area contributed by atoms with Gasteiger partial charge < -0.3 is 15.2 Å². The van der Waals surface area contributed by atoms with Crippen molar-refractivity contribution in [3.05, 3.63) is 75.2 Å². The Labute approximate surface area is 170 Å². The lowest BCUT2D eigenvalue weighted by molar-refractivity contribution is -0.124. The van der Waals surface area contributed by atoms with Gasteiger partial charge in [-0.25, -0.2) is 9.48 Å². The summed E-state index contributed by atoms with van der Waals surface area (Å²) in [5.74, 6) is -1.32. The molecule has 3 aromatic rings. The van der Waals surface area contributed by atoms with Gasteiger partial charge >= 0.3 is 5.97 Å². The van der Waals surface area contributed by atoms with Crippen LogP contribution in [0.2, 0.25) is 5.02 Å². The summed E-state index contributed by atoms with van der Waals surface area (Å²) in [5, 5.41) is 16.9. The number of nitrogens with zero attached hydrogens (tertiary/aromatic N) is 2. The number of aromatic nitrogens is 2. The number of aliphatic hydroxyl groups excluding tert-OH is 1. The lowest BCUT2D eigenvalue weighted by Crippen LogP contribution is -2.30. The highest BCUT2D eigenvalue weighted by atomic mass is 35.5. The predicted molar refractivity (Wildman–Crippen MR) is 107 cm³/mol. The molecule has 0 atom stereocenters. The van der Waals surface area contributed by atoms with E-state index in [2.05, 4.69) is 10.4 Å². The number of fused-ring (bicyclic) bond motifs is 1. The van der Waals surface area contributed by atoms with Crippen molar-refractivity contribution in [2.45, 2.75) is 13.1 Å². The van der Waals surface area contributed by atoms with E-state index in [0.29, 0.717) is 10.4 Å². The van der Waals surface area contributed by atoms with E-state index >= 15 is 0 Å². The molecule has 1 aromatic heterocycles. The zero-order valence-electron chi connectivity index (χ0n) is 15.3. The molecule has 2 N–H and O–H groups in total. The van der Waals surface area contributed by atoms with Gasteiger partial charge in [-0.3, -0.25) is 9.59 Å². The van der Waals surface area contributed by atoms with E-state index in [1.807, 2.05) is 0 Å². The number of halogens is 1. The quantitative estimate of drug-likeness (QED) is 0.566. The van der Waals surface area contributed by atoms with Crippen molar-refractivity contribution < 1.29 is 19.4 Å². The van der Waals surface area contributed by atoms with Crippen molar-refractivity contribution in [1.29, 1.82) is 0 Å². The van der Waals surface area contributed by atoms with Gasteiger partial charge in [0.1, 0.15) is 0 Å². The van der Waals surface area contributed by atoms with Crippen molar-refractivity contribution in [2.75, 3.05) is 13.2 Å². The van der Waals surface area contributed by atoms with Crippen LogP contribution in [0.1, 0.15) is 16.1 Å². The molecule has 0 unspecified atom stereocenters. The molecule has 0 saturated heterocycles. The number of carbonyl (C=O) groups excluding carboxylic acids is 2. The van der Waals surface area contributed by atoms with Crippen LogP contribution in [-0.4, -0.2) is 40.0 Å². The second-order valence-corrected chi connectivity index (χ2v) is 6.56. The Kier molecular flexibility index (Phi) is 6.58. The van der Waals surface area contributed by atoms with Crippen molar-refractivity contribution in [2.24, 2.45) is 0 Å². The Hall–Kier alpha value is -3.23. The van der Waals surface area contributed by atoms with Gasteiger partial charge in [0.2, 0.25) is 0 Å². The van der Waals surface area contributed by atoms with Crippen LogP contribution in [0.4, 0.5) is 0 Å². The lowest BCUT2D eigenvalue weighted by Gasteiger charge is -2.10. The molecule has 0 fully saturated rings. The van der Waals surface area contributed by atoms with Crippen molar-refractivity contribution in [3.8, 4) is 0 Å². The van der Waals surface area contributed by atoms with Crippen molar-refractivity contribution in [1.82, 2.24) is 15.1 Å². The highest BCUT2D eigenvalue weighted by Gasteiger charge is 2.18. The molecule has 0 saturated carbocycles. The van der Waals surface area contributed by atoms with Gasteiger partial charge in [-0.05, 0) is 23.8 Å². The second kappa shape index (κ2) is 9.31. The minimum Gasteiger partial charge on any atom is -0.451 e. The number of amides is 1. The van der Waals surface area contributed by atoms with Gasteiger partial charge in [-0.15, -0.1) is 0 Å². The summed E-state index contributed by atoms with van der Waals surface area (Å²) in [7, 11) is 0. The largest absolute Gasteiger partial charge is 0.451 e. The van der Waals surface area contributed by atoms with Gasteiger partial charge in [0.25, 0.3) is 11.5 Å². The van der Waals surface area contributed by atoms with Crippen LogP contribution in [0.3, 0.4) is 0 Å². The maximum Gasteiger partial charge on any atom is 0.359 e. The zero-order valence-corrected chi connectivity index (χ0v) is 16.1. The summed E-state index contributed by atoms with van der Waals surface area (Å²) in [6, 6.07) is 13.4. The van der Waals surface area contributed by atoms with Crippen LogP contribution in [0.15, 0.2) is 53.3 Å². The van der Waals surface area contributed by atoms with E-state index in [4.69, 9.17) is 21.4 Å².